The van der Waals surface area contributed by atoms with Crippen molar-refractivity contribution >= 4 is 16.9 Å². The van der Waals surface area contributed by atoms with Gasteiger partial charge in [0.25, 0.3) is 5.91 Å². The zero-order chi connectivity index (χ0) is 22.3. The van der Waals surface area contributed by atoms with Gasteiger partial charge in [-0.25, -0.2) is 9.37 Å². The summed E-state index contributed by atoms with van der Waals surface area (Å²) in [6.07, 6.45) is 1.79. The molecule has 3 aromatic carbocycles. The number of imidazole rings is 1. The molecule has 1 aromatic heterocycles. The van der Waals surface area contributed by atoms with Crippen LogP contribution in [0.5, 0.6) is 5.75 Å². The molecule has 0 spiro atoms. The van der Waals surface area contributed by atoms with Gasteiger partial charge in [-0.3, -0.25) is 4.79 Å². The number of para-hydroxylation sites is 2. The highest BCUT2D eigenvalue weighted by molar-refractivity contribution is 5.94. The van der Waals surface area contributed by atoms with Gasteiger partial charge in [-0.15, -0.1) is 0 Å². The maximum absolute atomic E-state index is 13.9. The first-order valence-corrected chi connectivity index (χ1v) is 10.8. The Labute approximate surface area is 186 Å². The third-order valence-corrected chi connectivity index (χ3v) is 5.29. The summed E-state index contributed by atoms with van der Waals surface area (Å²) in [5, 5.41) is 2.80. The number of ether oxygens (including phenoxy) is 1. The molecule has 4 rings (SSSR count). The SMILES string of the molecule is Cc1cccc(OCCCCn2c(CNC(=O)c3ccccc3F)nc3ccccc32)c1. The topological polar surface area (TPSA) is 56.1 Å². The van der Waals surface area contributed by atoms with E-state index in [0.29, 0.717) is 6.61 Å². The van der Waals surface area contributed by atoms with Gasteiger partial charge in [0.1, 0.15) is 17.4 Å². The first-order chi connectivity index (χ1) is 15.6. The Morgan fingerprint density at radius 3 is 2.69 bits per heavy atom. The minimum atomic E-state index is -0.535. The molecule has 6 heteroatoms. The molecule has 1 heterocycles. The molecule has 1 amide bonds. The number of fused-ring (bicyclic) bond motifs is 1. The van der Waals surface area contributed by atoms with Crippen molar-refractivity contribution < 1.29 is 13.9 Å². The molecule has 0 radical (unpaired) electrons. The Hall–Kier alpha value is -3.67. The molecule has 32 heavy (non-hydrogen) atoms. The van der Waals surface area contributed by atoms with E-state index in [9.17, 15) is 9.18 Å². The standard InChI is InChI=1S/C26H26FN3O2/c1-19-9-8-10-20(17-19)32-16-7-6-15-30-24-14-5-4-13-23(24)29-25(30)18-28-26(31)21-11-2-3-12-22(21)27/h2-5,8-14,17H,6-7,15-16,18H2,1H3,(H,28,31). The van der Waals surface area contributed by atoms with Crippen LogP contribution in [-0.4, -0.2) is 22.1 Å². The fourth-order valence-electron chi connectivity index (χ4n) is 3.68. The van der Waals surface area contributed by atoms with E-state index in [2.05, 4.69) is 14.9 Å². The van der Waals surface area contributed by atoms with Crippen molar-refractivity contribution in [2.75, 3.05) is 6.61 Å². The molecule has 0 aliphatic carbocycles. The maximum Gasteiger partial charge on any atom is 0.254 e. The number of carbonyl (C=O) groups is 1. The second-order valence-electron chi connectivity index (χ2n) is 7.70. The van der Waals surface area contributed by atoms with Crippen LogP contribution in [0.2, 0.25) is 0 Å². The Bertz CT molecular complexity index is 1220. The summed E-state index contributed by atoms with van der Waals surface area (Å²) in [5.41, 5.74) is 3.10. The number of aromatic nitrogens is 2. The number of nitrogens with one attached hydrogen (secondary N) is 1. The Kier molecular flexibility index (Phi) is 6.80. The van der Waals surface area contributed by atoms with Gasteiger partial charge in [-0.05, 0) is 61.7 Å². The number of unbranched alkanes of at least 4 members (excludes halogenated alkanes) is 1. The molecule has 0 saturated heterocycles. The molecule has 1 N–H and O–H groups in total. The van der Waals surface area contributed by atoms with Crippen LogP contribution in [0.1, 0.15) is 34.6 Å². The van der Waals surface area contributed by atoms with Crippen LogP contribution in [0.4, 0.5) is 4.39 Å². The predicted molar refractivity (Wildman–Crippen MR) is 123 cm³/mol. The minimum Gasteiger partial charge on any atom is -0.494 e. The highest BCUT2D eigenvalue weighted by Crippen LogP contribution is 2.18. The van der Waals surface area contributed by atoms with Crippen LogP contribution in [-0.2, 0) is 13.1 Å². The molecular weight excluding hydrogens is 405 g/mol. The van der Waals surface area contributed by atoms with Crippen LogP contribution in [0.3, 0.4) is 0 Å². The lowest BCUT2D eigenvalue weighted by Crippen LogP contribution is -2.25. The highest BCUT2D eigenvalue weighted by atomic mass is 19.1. The quantitative estimate of drug-likeness (QED) is 0.367. The average molecular weight is 432 g/mol. The van der Waals surface area contributed by atoms with Crippen molar-refractivity contribution in [1.29, 1.82) is 0 Å². The molecule has 0 saturated carbocycles. The fraction of sp³-hybridized carbons (Fsp3) is 0.231. The second-order valence-corrected chi connectivity index (χ2v) is 7.70. The number of nitrogens with zero attached hydrogens (tertiary/aromatic N) is 2. The Morgan fingerprint density at radius 2 is 1.84 bits per heavy atom. The van der Waals surface area contributed by atoms with Crippen molar-refractivity contribution in [3.8, 4) is 5.75 Å². The van der Waals surface area contributed by atoms with Crippen molar-refractivity contribution in [1.82, 2.24) is 14.9 Å². The van der Waals surface area contributed by atoms with Crippen molar-refractivity contribution in [3.63, 3.8) is 0 Å². The van der Waals surface area contributed by atoms with Gasteiger partial charge in [0, 0.05) is 6.54 Å². The number of carbonyl (C=O) groups excluding carboxylic acids is 1. The number of benzene rings is 3. The predicted octanol–water partition coefficient (Wildman–Crippen LogP) is 5.27. The molecule has 0 unspecified atom stereocenters. The monoisotopic (exact) mass is 431 g/mol. The molecule has 0 aliphatic heterocycles. The van der Waals surface area contributed by atoms with E-state index in [-0.39, 0.29) is 12.1 Å². The zero-order valence-electron chi connectivity index (χ0n) is 18.1. The number of hydrogen-bond donors (Lipinski definition) is 1. The first-order valence-electron chi connectivity index (χ1n) is 10.8. The summed E-state index contributed by atoms with van der Waals surface area (Å²) in [6, 6.07) is 21.9. The molecular formula is C26H26FN3O2. The first kappa shape index (κ1) is 21.6. The Morgan fingerprint density at radius 1 is 1.03 bits per heavy atom. The summed E-state index contributed by atoms with van der Waals surface area (Å²) in [7, 11) is 0. The zero-order valence-corrected chi connectivity index (χ0v) is 18.1. The van der Waals surface area contributed by atoms with Crippen LogP contribution >= 0.6 is 0 Å². The highest BCUT2D eigenvalue weighted by Gasteiger charge is 2.14. The normalized spacial score (nSPS) is 10.9. The lowest BCUT2D eigenvalue weighted by molar-refractivity contribution is 0.0945. The maximum atomic E-state index is 13.9. The molecule has 0 aliphatic rings. The number of rotatable bonds is 9. The van der Waals surface area contributed by atoms with Gasteiger partial charge in [-0.1, -0.05) is 36.4 Å². The van der Waals surface area contributed by atoms with Crippen LogP contribution in [0, 0.1) is 12.7 Å². The lowest BCUT2D eigenvalue weighted by Gasteiger charge is -2.11. The van der Waals surface area contributed by atoms with Crippen LogP contribution < -0.4 is 10.1 Å². The fourth-order valence-corrected chi connectivity index (χ4v) is 3.68. The van der Waals surface area contributed by atoms with Gasteiger partial charge < -0.3 is 14.6 Å². The van der Waals surface area contributed by atoms with E-state index in [1.165, 1.54) is 17.7 Å². The third kappa shape index (κ3) is 5.14. The van der Waals surface area contributed by atoms with E-state index in [1.807, 2.05) is 55.5 Å². The molecule has 5 nitrogen and oxygen atoms in total. The van der Waals surface area contributed by atoms with E-state index in [0.717, 1.165) is 42.0 Å². The summed E-state index contributed by atoms with van der Waals surface area (Å²) in [4.78, 5) is 17.1. The van der Waals surface area contributed by atoms with E-state index in [1.54, 1.807) is 12.1 Å². The lowest BCUT2D eigenvalue weighted by atomic mass is 10.2. The summed E-state index contributed by atoms with van der Waals surface area (Å²) in [5.74, 6) is 0.644. The number of halogens is 1. The molecule has 4 aromatic rings. The van der Waals surface area contributed by atoms with Crippen LogP contribution in [0.15, 0.2) is 72.8 Å². The van der Waals surface area contributed by atoms with Gasteiger partial charge in [0.15, 0.2) is 0 Å². The molecule has 0 bridgehead atoms. The molecule has 0 atom stereocenters. The van der Waals surface area contributed by atoms with Gasteiger partial charge in [0.05, 0.1) is 29.7 Å². The largest absolute Gasteiger partial charge is 0.494 e. The van der Waals surface area contributed by atoms with Gasteiger partial charge in [0.2, 0.25) is 0 Å². The smallest absolute Gasteiger partial charge is 0.254 e. The van der Waals surface area contributed by atoms with E-state index < -0.39 is 11.7 Å². The van der Waals surface area contributed by atoms with Crippen LogP contribution in [0.25, 0.3) is 11.0 Å². The average Bonchev–Trinajstić information content (AvgIpc) is 3.15. The van der Waals surface area contributed by atoms with Gasteiger partial charge in [-0.2, -0.15) is 0 Å². The summed E-state index contributed by atoms with van der Waals surface area (Å²) < 4.78 is 21.9. The number of amides is 1. The number of hydrogen-bond acceptors (Lipinski definition) is 3. The van der Waals surface area contributed by atoms with Crippen molar-refractivity contribution in [2.45, 2.75) is 32.9 Å². The van der Waals surface area contributed by atoms with E-state index in [4.69, 9.17) is 4.74 Å². The second kappa shape index (κ2) is 10.1. The van der Waals surface area contributed by atoms with E-state index >= 15 is 0 Å². The summed E-state index contributed by atoms with van der Waals surface area (Å²) in [6.45, 7) is 3.66. The van der Waals surface area contributed by atoms with Crippen molar-refractivity contribution in [2.24, 2.45) is 0 Å². The number of aryl methyl sites for hydroxylation is 2. The third-order valence-electron chi connectivity index (χ3n) is 5.29. The summed E-state index contributed by atoms with van der Waals surface area (Å²) >= 11 is 0. The van der Waals surface area contributed by atoms with Gasteiger partial charge >= 0.3 is 0 Å². The minimum absolute atomic E-state index is 0.0310. The molecule has 0 fully saturated rings. The molecule has 164 valence electrons. The Balaban J connectivity index is 1.39. The van der Waals surface area contributed by atoms with Crippen molar-refractivity contribution in [3.05, 3.63) is 95.6 Å².